The zero-order valence-corrected chi connectivity index (χ0v) is 8.56. The molecule has 0 bridgehead atoms. The van der Waals surface area contributed by atoms with Crippen LogP contribution in [0.25, 0.3) is 0 Å². The highest BCUT2D eigenvalue weighted by atomic mass is 16.5. The Kier molecular flexibility index (Phi) is 3.98. The molecule has 1 aromatic carbocycles. The van der Waals surface area contributed by atoms with Crippen molar-refractivity contribution in [3.05, 3.63) is 30.3 Å². The van der Waals surface area contributed by atoms with Crippen LogP contribution in [-0.2, 0) is 9.53 Å². The van der Waals surface area contributed by atoms with Gasteiger partial charge in [0.05, 0.1) is 6.54 Å². The molecule has 3 heteroatoms. The summed E-state index contributed by atoms with van der Waals surface area (Å²) in [6.45, 7) is 2.56. The molecular formula is C11H15NO2. The minimum atomic E-state index is -0.230. The fourth-order valence-corrected chi connectivity index (χ4v) is 1.14. The Bertz CT molecular complexity index is 285. The summed E-state index contributed by atoms with van der Waals surface area (Å²) >= 11 is 0. The fraction of sp³-hybridized carbons (Fsp3) is 0.364. The number of carbonyl (C=O) groups is 1. The first-order valence-corrected chi connectivity index (χ1v) is 4.59. The molecule has 0 fully saturated rings. The highest BCUT2D eigenvalue weighted by molar-refractivity contribution is 5.65. The van der Waals surface area contributed by atoms with Crippen molar-refractivity contribution in [1.82, 2.24) is 0 Å². The fourth-order valence-electron chi connectivity index (χ4n) is 1.14. The first kappa shape index (κ1) is 10.6. The molecule has 0 unspecified atom stereocenters. The van der Waals surface area contributed by atoms with E-state index in [0.29, 0.717) is 13.2 Å². The van der Waals surface area contributed by atoms with E-state index >= 15 is 0 Å². The Morgan fingerprint density at radius 2 is 2.00 bits per heavy atom. The Labute approximate surface area is 84.3 Å². The SMILES string of the molecule is CC(=O)OCCN(C)c1ccccc1. The molecule has 0 heterocycles. The molecule has 0 aromatic heterocycles. The van der Waals surface area contributed by atoms with Crippen LogP contribution in [0.1, 0.15) is 6.92 Å². The average molecular weight is 193 g/mol. The molecule has 0 saturated carbocycles. The van der Waals surface area contributed by atoms with Gasteiger partial charge in [-0.05, 0) is 12.1 Å². The highest BCUT2D eigenvalue weighted by Crippen LogP contribution is 2.09. The van der Waals surface area contributed by atoms with Crippen molar-refractivity contribution in [2.75, 3.05) is 25.1 Å². The van der Waals surface area contributed by atoms with Crippen LogP contribution >= 0.6 is 0 Å². The first-order valence-electron chi connectivity index (χ1n) is 4.59. The summed E-state index contributed by atoms with van der Waals surface area (Å²) in [5, 5.41) is 0. The average Bonchev–Trinajstić information content (AvgIpc) is 2.18. The van der Waals surface area contributed by atoms with Crippen molar-refractivity contribution >= 4 is 11.7 Å². The summed E-state index contributed by atoms with van der Waals surface area (Å²) < 4.78 is 4.85. The Morgan fingerprint density at radius 3 is 2.57 bits per heavy atom. The maximum atomic E-state index is 10.5. The molecule has 14 heavy (non-hydrogen) atoms. The van der Waals surface area contributed by atoms with Gasteiger partial charge in [-0.25, -0.2) is 0 Å². The molecule has 0 atom stereocenters. The third-order valence-electron chi connectivity index (χ3n) is 1.93. The molecule has 0 saturated heterocycles. The lowest BCUT2D eigenvalue weighted by atomic mass is 10.3. The lowest BCUT2D eigenvalue weighted by Gasteiger charge is -2.18. The van der Waals surface area contributed by atoms with Crippen LogP contribution in [0.3, 0.4) is 0 Å². The maximum Gasteiger partial charge on any atom is 0.302 e. The highest BCUT2D eigenvalue weighted by Gasteiger charge is 1.99. The normalized spacial score (nSPS) is 9.57. The van der Waals surface area contributed by atoms with Crippen LogP contribution in [0, 0.1) is 0 Å². The van der Waals surface area contributed by atoms with Crippen LogP contribution in [0.4, 0.5) is 5.69 Å². The Balaban J connectivity index is 2.36. The molecule has 1 aromatic rings. The maximum absolute atomic E-state index is 10.5. The molecule has 76 valence electrons. The number of carbonyl (C=O) groups excluding carboxylic acids is 1. The van der Waals surface area contributed by atoms with Gasteiger partial charge in [-0.2, -0.15) is 0 Å². The van der Waals surface area contributed by atoms with Crippen molar-refractivity contribution in [3.63, 3.8) is 0 Å². The third-order valence-corrected chi connectivity index (χ3v) is 1.93. The quantitative estimate of drug-likeness (QED) is 0.681. The predicted molar refractivity (Wildman–Crippen MR) is 56.3 cm³/mol. The number of likely N-dealkylation sites (N-methyl/N-ethyl adjacent to an activating group) is 1. The lowest BCUT2D eigenvalue weighted by Crippen LogP contribution is -2.23. The number of rotatable bonds is 4. The number of nitrogens with zero attached hydrogens (tertiary/aromatic N) is 1. The van der Waals surface area contributed by atoms with E-state index in [1.54, 1.807) is 0 Å². The summed E-state index contributed by atoms with van der Waals surface area (Å²) in [6.07, 6.45) is 0. The standard InChI is InChI=1S/C11H15NO2/c1-10(13)14-9-8-12(2)11-6-4-3-5-7-11/h3-7H,8-9H2,1-2H3. The second kappa shape index (κ2) is 5.27. The van der Waals surface area contributed by atoms with Crippen LogP contribution in [-0.4, -0.2) is 26.2 Å². The van der Waals surface area contributed by atoms with Crippen molar-refractivity contribution in [1.29, 1.82) is 0 Å². The van der Waals surface area contributed by atoms with Crippen LogP contribution in [0.2, 0.25) is 0 Å². The van der Waals surface area contributed by atoms with E-state index in [2.05, 4.69) is 0 Å². The van der Waals surface area contributed by atoms with Crippen LogP contribution < -0.4 is 4.90 Å². The van der Waals surface area contributed by atoms with E-state index in [1.807, 2.05) is 42.3 Å². The Hall–Kier alpha value is -1.51. The van der Waals surface area contributed by atoms with E-state index in [-0.39, 0.29) is 5.97 Å². The van der Waals surface area contributed by atoms with Gasteiger partial charge in [0.1, 0.15) is 6.61 Å². The molecule has 0 amide bonds. The number of para-hydroxylation sites is 1. The molecule has 1 rings (SSSR count). The third kappa shape index (κ3) is 3.47. The van der Waals surface area contributed by atoms with Gasteiger partial charge in [0.15, 0.2) is 0 Å². The molecule has 0 aliphatic carbocycles. The van der Waals surface area contributed by atoms with Crippen molar-refractivity contribution in [2.45, 2.75) is 6.92 Å². The number of anilines is 1. The molecule has 0 spiro atoms. The monoisotopic (exact) mass is 193 g/mol. The zero-order chi connectivity index (χ0) is 10.4. The first-order chi connectivity index (χ1) is 6.70. The van der Waals surface area contributed by atoms with E-state index in [4.69, 9.17) is 4.74 Å². The number of hydrogen-bond donors (Lipinski definition) is 0. The van der Waals surface area contributed by atoms with Crippen molar-refractivity contribution in [3.8, 4) is 0 Å². The van der Waals surface area contributed by atoms with Gasteiger partial charge in [0.25, 0.3) is 0 Å². The second-order valence-electron chi connectivity index (χ2n) is 3.10. The molecule has 0 aliphatic heterocycles. The molecule has 3 nitrogen and oxygen atoms in total. The van der Waals surface area contributed by atoms with E-state index in [9.17, 15) is 4.79 Å². The smallest absolute Gasteiger partial charge is 0.302 e. The summed E-state index contributed by atoms with van der Waals surface area (Å²) in [5.41, 5.74) is 1.12. The number of ether oxygens (including phenoxy) is 1. The summed E-state index contributed by atoms with van der Waals surface area (Å²) in [5.74, 6) is -0.230. The molecular weight excluding hydrogens is 178 g/mol. The van der Waals surface area contributed by atoms with Gasteiger partial charge < -0.3 is 9.64 Å². The van der Waals surface area contributed by atoms with E-state index in [0.717, 1.165) is 5.69 Å². The zero-order valence-electron chi connectivity index (χ0n) is 8.56. The van der Waals surface area contributed by atoms with Gasteiger partial charge in [-0.1, -0.05) is 18.2 Å². The second-order valence-corrected chi connectivity index (χ2v) is 3.10. The van der Waals surface area contributed by atoms with Gasteiger partial charge in [0, 0.05) is 19.7 Å². The van der Waals surface area contributed by atoms with Crippen LogP contribution in [0.15, 0.2) is 30.3 Å². The van der Waals surface area contributed by atoms with Crippen molar-refractivity contribution in [2.24, 2.45) is 0 Å². The minimum Gasteiger partial charge on any atom is -0.464 e. The van der Waals surface area contributed by atoms with Gasteiger partial charge in [-0.3, -0.25) is 4.79 Å². The van der Waals surface area contributed by atoms with E-state index in [1.165, 1.54) is 6.92 Å². The summed E-state index contributed by atoms with van der Waals surface area (Å²) in [6, 6.07) is 9.99. The van der Waals surface area contributed by atoms with Gasteiger partial charge >= 0.3 is 5.97 Å². The Morgan fingerprint density at radius 1 is 1.36 bits per heavy atom. The molecule has 0 aliphatic rings. The largest absolute Gasteiger partial charge is 0.464 e. The lowest BCUT2D eigenvalue weighted by molar-refractivity contribution is -0.140. The summed E-state index contributed by atoms with van der Waals surface area (Å²) in [7, 11) is 1.97. The minimum absolute atomic E-state index is 0.230. The number of esters is 1. The molecule has 0 radical (unpaired) electrons. The van der Waals surface area contributed by atoms with Gasteiger partial charge in [0.2, 0.25) is 0 Å². The van der Waals surface area contributed by atoms with Crippen molar-refractivity contribution < 1.29 is 9.53 Å². The van der Waals surface area contributed by atoms with Crippen LogP contribution in [0.5, 0.6) is 0 Å². The number of benzene rings is 1. The molecule has 0 N–H and O–H groups in total. The summed E-state index contributed by atoms with van der Waals surface area (Å²) in [4.78, 5) is 12.6. The topological polar surface area (TPSA) is 29.5 Å². The van der Waals surface area contributed by atoms with E-state index < -0.39 is 0 Å². The number of hydrogen-bond acceptors (Lipinski definition) is 3. The predicted octanol–water partition coefficient (Wildman–Crippen LogP) is 1.69. The van der Waals surface area contributed by atoms with Gasteiger partial charge in [-0.15, -0.1) is 0 Å².